The van der Waals surface area contributed by atoms with Gasteiger partial charge >= 0.3 is 6.03 Å². The summed E-state index contributed by atoms with van der Waals surface area (Å²) in [7, 11) is 1.64. The molecule has 0 aliphatic heterocycles. The number of aromatic nitrogens is 1. The van der Waals surface area contributed by atoms with Gasteiger partial charge in [-0.1, -0.05) is 30.3 Å². The lowest BCUT2D eigenvalue weighted by molar-refractivity contribution is 0.242. The number of carbonyl (C=O) groups is 1. The Morgan fingerprint density at radius 2 is 1.76 bits per heavy atom. The van der Waals surface area contributed by atoms with Crippen molar-refractivity contribution in [2.24, 2.45) is 7.05 Å². The molecule has 0 spiro atoms. The highest BCUT2D eigenvalue weighted by molar-refractivity contribution is 5.89. The van der Waals surface area contributed by atoms with E-state index in [-0.39, 0.29) is 11.6 Å². The summed E-state index contributed by atoms with van der Waals surface area (Å²) in [6.07, 6.45) is 1.58. The van der Waals surface area contributed by atoms with Crippen molar-refractivity contribution in [2.45, 2.75) is 19.4 Å². The van der Waals surface area contributed by atoms with Crippen LogP contribution in [0, 0.1) is 0 Å². The van der Waals surface area contributed by atoms with Gasteiger partial charge in [-0.05, 0) is 25.5 Å². The summed E-state index contributed by atoms with van der Waals surface area (Å²) >= 11 is 0. The van der Waals surface area contributed by atoms with Crippen molar-refractivity contribution < 1.29 is 4.79 Å². The van der Waals surface area contributed by atoms with Crippen LogP contribution in [0.4, 0.5) is 10.5 Å². The quantitative estimate of drug-likeness (QED) is 0.910. The first-order valence-corrected chi connectivity index (χ1v) is 6.70. The van der Waals surface area contributed by atoms with E-state index in [2.05, 4.69) is 10.6 Å². The Labute approximate surface area is 123 Å². The molecular formula is C16H19N3O2. The number of amides is 2. The maximum Gasteiger partial charge on any atom is 0.319 e. The first-order chi connectivity index (χ1) is 9.88. The molecule has 21 heavy (non-hydrogen) atoms. The van der Waals surface area contributed by atoms with E-state index >= 15 is 0 Å². The predicted octanol–water partition coefficient (Wildman–Crippen LogP) is 2.44. The Morgan fingerprint density at radius 3 is 2.38 bits per heavy atom. The number of anilines is 1. The van der Waals surface area contributed by atoms with Crippen LogP contribution in [0.5, 0.6) is 0 Å². The zero-order chi connectivity index (χ0) is 15.5. The molecule has 5 heteroatoms. The minimum atomic E-state index is -0.494. The zero-order valence-corrected chi connectivity index (χ0v) is 12.4. The smallest absolute Gasteiger partial charge is 0.319 e. The van der Waals surface area contributed by atoms with Gasteiger partial charge in [-0.2, -0.15) is 0 Å². The highest BCUT2D eigenvalue weighted by Gasteiger charge is 2.22. The molecule has 2 aromatic rings. The molecule has 0 radical (unpaired) electrons. The van der Waals surface area contributed by atoms with Crippen molar-refractivity contribution in [1.82, 2.24) is 9.88 Å². The van der Waals surface area contributed by atoms with Gasteiger partial charge in [0.25, 0.3) is 0 Å². The van der Waals surface area contributed by atoms with Crippen LogP contribution in [0.1, 0.15) is 19.4 Å². The SMILES string of the molecule is Cn1cc(NC(=O)NC(C)(C)c2ccccc2)ccc1=O. The van der Waals surface area contributed by atoms with Crippen LogP contribution in [0.3, 0.4) is 0 Å². The molecule has 2 rings (SSSR count). The second-order valence-corrected chi connectivity index (χ2v) is 5.44. The van der Waals surface area contributed by atoms with Crippen molar-refractivity contribution in [3.8, 4) is 0 Å². The molecule has 1 aromatic carbocycles. The lowest BCUT2D eigenvalue weighted by atomic mass is 9.95. The number of carbonyl (C=O) groups excluding carboxylic acids is 1. The molecular weight excluding hydrogens is 266 g/mol. The normalized spacial score (nSPS) is 11.0. The average Bonchev–Trinajstić information content (AvgIpc) is 2.43. The van der Waals surface area contributed by atoms with Crippen molar-refractivity contribution in [3.05, 3.63) is 64.6 Å². The van der Waals surface area contributed by atoms with E-state index in [0.29, 0.717) is 5.69 Å². The monoisotopic (exact) mass is 285 g/mol. The molecule has 2 amide bonds. The summed E-state index contributed by atoms with van der Waals surface area (Å²) in [6, 6.07) is 12.4. The van der Waals surface area contributed by atoms with E-state index < -0.39 is 5.54 Å². The van der Waals surface area contributed by atoms with E-state index in [9.17, 15) is 9.59 Å². The lowest BCUT2D eigenvalue weighted by Gasteiger charge is -2.27. The number of pyridine rings is 1. The van der Waals surface area contributed by atoms with Gasteiger partial charge < -0.3 is 15.2 Å². The van der Waals surface area contributed by atoms with Gasteiger partial charge in [0.15, 0.2) is 0 Å². The lowest BCUT2D eigenvalue weighted by Crippen LogP contribution is -2.43. The largest absolute Gasteiger partial charge is 0.329 e. The number of rotatable bonds is 3. The van der Waals surface area contributed by atoms with Gasteiger partial charge in [-0.15, -0.1) is 0 Å². The van der Waals surface area contributed by atoms with Gasteiger partial charge in [0.1, 0.15) is 0 Å². The van der Waals surface area contributed by atoms with Crippen LogP contribution in [-0.2, 0) is 12.6 Å². The summed E-state index contributed by atoms with van der Waals surface area (Å²) < 4.78 is 1.41. The van der Waals surface area contributed by atoms with Crippen LogP contribution in [0.15, 0.2) is 53.5 Å². The first-order valence-electron chi connectivity index (χ1n) is 6.70. The number of nitrogens with one attached hydrogen (secondary N) is 2. The third kappa shape index (κ3) is 3.72. The minimum absolute atomic E-state index is 0.120. The van der Waals surface area contributed by atoms with Gasteiger partial charge in [0, 0.05) is 19.3 Å². The molecule has 1 heterocycles. The summed E-state index contributed by atoms with van der Waals surface area (Å²) in [5.74, 6) is 0. The maximum absolute atomic E-state index is 12.1. The second kappa shape index (κ2) is 5.83. The topological polar surface area (TPSA) is 63.1 Å². The first kappa shape index (κ1) is 14.8. The van der Waals surface area contributed by atoms with Gasteiger partial charge in [0.2, 0.25) is 5.56 Å². The fourth-order valence-corrected chi connectivity index (χ4v) is 2.04. The predicted molar refractivity (Wildman–Crippen MR) is 83.3 cm³/mol. The number of urea groups is 1. The van der Waals surface area contributed by atoms with Gasteiger partial charge in [-0.3, -0.25) is 4.79 Å². The Morgan fingerprint density at radius 1 is 1.10 bits per heavy atom. The van der Waals surface area contributed by atoms with Crippen LogP contribution in [0.2, 0.25) is 0 Å². The molecule has 0 aliphatic carbocycles. The number of nitrogens with zero attached hydrogens (tertiary/aromatic N) is 1. The summed E-state index contributed by atoms with van der Waals surface area (Å²) in [5.41, 5.74) is 0.969. The summed E-state index contributed by atoms with van der Waals surface area (Å²) in [6.45, 7) is 3.87. The number of hydrogen-bond donors (Lipinski definition) is 2. The second-order valence-electron chi connectivity index (χ2n) is 5.44. The van der Waals surface area contributed by atoms with Crippen molar-refractivity contribution in [2.75, 3.05) is 5.32 Å². The highest BCUT2D eigenvalue weighted by atomic mass is 16.2. The van der Waals surface area contributed by atoms with E-state index in [1.807, 2.05) is 44.2 Å². The third-order valence-electron chi connectivity index (χ3n) is 3.27. The van der Waals surface area contributed by atoms with E-state index in [1.165, 1.54) is 10.6 Å². The van der Waals surface area contributed by atoms with Crippen LogP contribution in [0.25, 0.3) is 0 Å². The highest BCUT2D eigenvalue weighted by Crippen LogP contribution is 2.19. The molecule has 0 bridgehead atoms. The number of aryl methyl sites for hydroxylation is 1. The van der Waals surface area contributed by atoms with E-state index in [0.717, 1.165) is 5.56 Å². The fourth-order valence-electron chi connectivity index (χ4n) is 2.04. The van der Waals surface area contributed by atoms with Crippen molar-refractivity contribution in [1.29, 1.82) is 0 Å². The molecule has 110 valence electrons. The molecule has 0 saturated heterocycles. The number of benzene rings is 1. The van der Waals surface area contributed by atoms with Gasteiger partial charge in [-0.25, -0.2) is 4.79 Å². The van der Waals surface area contributed by atoms with Crippen molar-refractivity contribution in [3.63, 3.8) is 0 Å². The molecule has 5 nitrogen and oxygen atoms in total. The molecule has 0 saturated carbocycles. The zero-order valence-electron chi connectivity index (χ0n) is 12.4. The Kier molecular flexibility index (Phi) is 4.12. The van der Waals surface area contributed by atoms with Crippen LogP contribution in [-0.4, -0.2) is 10.6 Å². The standard InChI is InChI=1S/C16H19N3O2/c1-16(2,12-7-5-4-6-8-12)18-15(21)17-13-9-10-14(20)19(3)11-13/h4-11H,1-3H3,(H2,17,18,21). The van der Waals surface area contributed by atoms with Gasteiger partial charge in [0.05, 0.1) is 11.2 Å². The van der Waals surface area contributed by atoms with E-state index in [4.69, 9.17) is 0 Å². The number of hydrogen-bond acceptors (Lipinski definition) is 2. The summed E-state index contributed by atoms with van der Waals surface area (Å²) in [4.78, 5) is 23.4. The maximum atomic E-state index is 12.1. The molecule has 0 fully saturated rings. The molecule has 1 aromatic heterocycles. The third-order valence-corrected chi connectivity index (χ3v) is 3.27. The van der Waals surface area contributed by atoms with Crippen molar-refractivity contribution >= 4 is 11.7 Å². The Bertz CT molecular complexity index is 690. The minimum Gasteiger partial charge on any atom is -0.329 e. The fraction of sp³-hybridized carbons (Fsp3) is 0.250. The average molecular weight is 285 g/mol. The Balaban J connectivity index is 2.07. The Hall–Kier alpha value is -2.56. The molecule has 0 unspecified atom stereocenters. The van der Waals surface area contributed by atoms with E-state index in [1.54, 1.807) is 19.3 Å². The molecule has 0 atom stereocenters. The molecule has 0 aliphatic rings. The van der Waals surface area contributed by atoms with Crippen LogP contribution >= 0.6 is 0 Å². The van der Waals surface area contributed by atoms with Crippen LogP contribution < -0.4 is 16.2 Å². The summed E-state index contributed by atoms with van der Waals surface area (Å²) in [5, 5.41) is 5.64. The molecule has 2 N–H and O–H groups in total.